The van der Waals surface area contributed by atoms with Gasteiger partial charge >= 0.3 is 0 Å². The Morgan fingerprint density at radius 3 is 2.37 bits per heavy atom. The van der Waals surface area contributed by atoms with Crippen molar-refractivity contribution in [2.45, 2.75) is 26.9 Å². The van der Waals surface area contributed by atoms with Crippen LogP contribution >= 0.6 is 0 Å². The van der Waals surface area contributed by atoms with Gasteiger partial charge in [-0.1, -0.05) is 36.4 Å². The van der Waals surface area contributed by atoms with Gasteiger partial charge in [0, 0.05) is 6.54 Å². The van der Waals surface area contributed by atoms with Crippen LogP contribution < -0.4 is 10.5 Å². The van der Waals surface area contributed by atoms with Crippen LogP contribution in [0.4, 0.5) is 0 Å². The van der Waals surface area contributed by atoms with E-state index in [1.54, 1.807) is 0 Å². The SMILES string of the molecule is Cc1cc(C)c(C)c(OC(CN)c2ccccc2)c1. The van der Waals surface area contributed by atoms with Crippen molar-refractivity contribution in [3.8, 4) is 5.75 Å². The van der Waals surface area contributed by atoms with Gasteiger partial charge in [-0.2, -0.15) is 0 Å². The Kier molecular flexibility index (Phi) is 4.23. The fraction of sp³-hybridized carbons (Fsp3) is 0.294. The largest absolute Gasteiger partial charge is 0.484 e. The molecule has 0 radical (unpaired) electrons. The molecule has 1 atom stereocenters. The predicted molar refractivity (Wildman–Crippen MR) is 79.5 cm³/mol. The number of hydrogen-bond donors (Lipinski definition) is 1. The first kappa shape index (κ1) is 13.6. The zero-order valence-corrected chi connectivity index (χ0v) is 11.8. The molecule has 2 rings (SSSR count). The normalized spacial score (nSPS) is 12.2. The average molecular weight is 255 g/mol. The molecule has 0 aliphatic rings. The third kappa shape index (κ3) is 3.15. The molecule has 1 unspecified atom stereocenters. The van der Waals surface area contributed by atoms with Gasteiger partial charge in [-0.3, -0.25) is 0 Å². The van der Waals surface area contributed by atoms with E-state index < -0.39 is 0 Å². The summed E-state index contributed by atoms with van der Waals surface area (Å²) in [6.07, 6.45) is -0.0962. The second kappa shape index (κ2) is 5.89. The van der Waals surface area contributed by atoms with Crippen LogP contribution in [0.15, 0.2) is 42.5 Å². The summed E-state index contributed by atoms with van der Waals surface area (Å²) in [5.41, 5.74) is 10.6. The van der Waals surface area contributed by atoms with E-state index in [-0.39, 0.29) is 6.10 Å². The first-order chi connectivity index (χ1) is 9.11. The quantitative estimate of drug-likeness (QED) is 0.904. The van der Waals surface area contributed by atoms with Crippen LogP contribution in [-0.4, -0.2) is 6.54 Å². The molecule has 0 fully saturated rings. The molecule has 2 aromatic carbocycles. The molecule has 0 spiro atoms. The Bertz CT molecular complexity index is 549. The minimum Gasteiger partial charge on any atom is -0.484 e. The molecular formula is C17H21NO. The minimum absolute atomic E-state index is 0.0962. The van der Waals surface area contributed by atoms with Crippen LogP contribution in [0.5, 0.6) is 5.75 Å². The van der Waals surface area contributed by atoms with Gasteiger partial charge in [0.1, 0.15) is 11.9 Å². The van der Waals surface area contributed by atoms with E-state index in [9.17, 15) is 0 Å². The summed E-state index contributed by atoms with van der Waals surface area (Å²) < 4.78 is 6.12. The van der Waals surface area contributed by atoms with Gasteiger partial charge in [-0.05, 0) is 49.1 Å². The number of aryl methyl sites for hydroxylation is 2. The van der Waals surface area contributed by atoms with Crippen molar-refractivity contribution in [3.05, 3.63) is 64.7 Å². The molecule has 2 aromatic rings. The summed E-state index contributed by atoms with van der Waals surface area (Å²) in [7, 11) is 0. The van der Waals surface area contributed by atoms with Gasteiger partial charge < -0.3 is 10.5 Å². The lowest BCUT2D eigenvalue weighted by Crippen LogP contribution is -2.19. The molecule has 0 saturated carbocycles. The average Bonchev–Trinajstić information content (AvgIpc) is 2.42. The third-order valence-electron chi connectivity index (χ3n) is 3.42. The molecule has 0 aliphatic heterocycles. The Hall–Kier alpha value is -1.80. The van der Waals surface area contributed by atoms with Crippen LogP contribution in [0.3, 0.4) is 0 Å². The maximum atomic E-state index is 6.12. The molecule has 0 saturated heterocycles. The first-order valence-electron chi connectivity index (χ1n) is 6.61. The van der Waals surface area contributed by atoms with Gasteiger partial charge in [0.25, 0.3) is 0 Å². The van der Waals surface area contributed by atoms with E-state index in [4.69, 9.17) is 10.5 Å². The van der Waals surface area contributed by atoms with Crippen molar-refractivity contribution in [3.63, 3.8) is 0 Å². The molecule has 2 heteroatoms. The van der Waals surface area contributed by atoms with Crippen molar-refractivity contribution in [1.82, 2.24) is 0 Å². The Morgan fingerprint density at radius 1 is 1.05 bits per heavy atom. The first-order valence-corrected chi connectivity index (χ1v) is 6.61. The van der Waals surface area contributed by atoms with E-state index in [0.29, 0.717) is 6.54 Å². The molecule has 0 aromatic heterocycles. The highest BCUT2D eigenvalue weighted by atomic mass is 16.5. The van der Waals surface area contributed by atoms with Crippen molar-refractivity contribution >= 4 is 0 Å². The summed E-state index contributed by atoms with van der Waals surface area (Å²) in [5, 5.41) is 0. The third-order valence-corrected chi connectivity index (χ3v) is 3.42. The summed E-state index contributed by atoms with van der Waals surface area (Å²) in [6.45, 7) is 6.74. The Morgan fingerprint density at radius 2 is 1.74 bits per heavy atom. The smallest absolute Gasteiger partial charge is 0.136 e. The van der Waals surface area contributed by atoms with Crippen molar-refractivity contribution in [2.75, 3.05) is 6.54 Å². The van der Waals surface area contributed by atoms with E-state index >= 15 is 0 Å². The summed E-state index contributed by atoms with van der Waals surface area (Å²) in [6, 6.07) is 14.4. The van der Waals surface area contributed by atoms with E-state index in [2.05, 4.69) is 45.0 Å². The minimum atomic E-state index is -0.0962. The number of benzene rings is 2. The number of rotatable bonds is 4. The van der Waals surface area contributed by atoms with Gasteiger partial charge in [0.2, 0.25) is 0 Å². The summed E-state index contributed by atoms with van der Waals surface area (Å²) in [5.74, 6) is 0.928. The zero-order valence-electron chi connectivity index (χ0n) is 11.8. The Labute approximate surface area is 115 Å². The predicted octanol–water partition coefficient (Wildman–Crippen LogP) is 3.69. The molecule has 0 bridgehead atoms. The molecular weight excluding hydrogens is 234 g/mol. The topological polar surface area (TPSA) is 35.2 Å². The molecule has 100 valence electrons. The van der Waals surface area contributed by atoms with Crippen molar-refractivity contribution < 1.29 is 4.74 Å². The standard InChI is InChI=1S/C17H21NO/c1-12-9-13(2)14(3)16(10-12)19-17(11-18)15-7-5-4-6-8-15/h4-10,17H,11,18H2,1-3H3. The zero-order chi connectivity index (χ0) is 13.8. The number of hydrogen-bond acceptors (Lipinski definition) is 2. The maximum Gasteiger partial charge on any atom is 0.136 e. The highest BCUT2D eigenvalue weighted by Gasteiger charge is 2.13. The van der Waals surface area contributed by atoms with Crippen LogP contribution in [-0.2, 0) is 0 Å². The van der Waals surface area contributed by atoms with Crippen LogP contribution in [0, 0.1) is 20.8 Å². The lowest BCUT2D eigenvalue weighted by molar-refractivity contribution is 0.212. The molecule has 2 nitrogen and oxygen atoms in total. The van der Waals surface area contributed by atoms with Crippen LogP contribution in [0.1, 0.15) is 28.4 Å². The highest BCUT2D eigenvalue weighted by Crippen LogP contribution is 2.28. The fourth-order valence-electron chi connectivity index (χ4n) is 2.20. The van der Waals surface area contributed by atoms with Gasteiger partial charge in [0.15, 0.2) is 0 Å². The van der Waals surface area contributed by atoms with Crippen LogP contribution in [0.25, 0.3) is 0 Å². The van der Waals surface area contributed by atoms with Crippen molar-refractivity contribution in [1.29, 1.82) is 0 Å². The second-order valence-corrected chi connectivity index (χ2v) is 4.96. The highest BCUT2D eigenvalue weighted by molar-refractivity contribution is 5.42. The van der Waals surface area contributed by atoms with E-state index in [0.717, 1.165) is 11.3 Å². The molecule has 0 amide bonds. The molecule has 0 heterocycles. The molecule has 19 heavy (non-hydrogen) atoms. The molecule has 2 N–H and O–H groups in total. The van der Waals surface area contributed by atoms with Crippen LogP contribution in [0.2, 0.25) is 0 Å². The van der Waals surface area contributed by atoms with E-state index in [1.807, 2.05) is 18.2 Å². The monoisotopic (exact) mass is 255 g/mol. The van der Waals surface area contributed by atoms with E-state index in [1.165, 1.54) is 16.7 Å². The second-order valence-electron chi connectivity index (χ2n) is 4.96. The molecule has 0 aliphatic carbocycles. The lowest BCUT2D eigenvalue weighted by atomic mass is 10.0. The number of nitrogens with two attached hydrogens (primary N) is 1. The van der Waals surface area contributed by atoms with Crippen molar-refractivity contribution in [2.24, 2.45) is 5.73 Å². The lowest BCUT2D eigenvalue weighted by Gasteiger charge is -2.20. The van der Waals surface area contributed by atoms with Gasteiger partial charge in [-0.15, -0.1) is 0 Å². The summed E-state index contributed by atoms with van der Waals surface area (Å²) >= 11 is 0. The van der Waals surface area contributed by atoms with Gasteiger partial charge in [0.05, 0.1) is 0 Å². The Balaban J connectivity index is 2.29. The maximum absolute atomic E-state index is 6.12. The fourth-order valence-corrected chi connectivity index (χ4v) is 2.20. The number of ether oxygens (including phenoxy) is 1. The van der Waals surface area contributed by atoms with Gasteiger partial charge in [-0.25, -0.2) is 0 Å². The summed E-state index contributed by atoms with van der Waals surface area (Å²) in [4.78, 5) is 0.